The van der Waals surface area contributed by atoms with Crippen molar-refractivity contribution in [2.45, 2.75) is 26.3 Å². The number of allylic oxidation sites excluding steroid dienone is 8. The van der Waals surface area contributed by atoms with E-state index in [2.05, 4.69) is 18.2 Å². The number of aromatic nitrogens is 1. The van der Waals surface area contributed by atoms with Gasteiger partial charge in [0, 0.05) is 35.9 Å². The van der Waals surface area contributed by atoms with E-state index in [1.54, 1.807) is 31.4 Å². The van der Waals surface area contributed by atoms with E-state index in [1.165, 1.54) is 18.2 Å². The quantitative estimate of drug-likeness (QED) is 0.337. The second-order valence-corrected chi connectivity index (χ2v) is 7.19. The number of nitrogen functional groups attached to an aromatic ring is 1. The molecule has 1 heterocycles. The van der Waals surface area contributed by atoms with E-state index in [1.807, 2.05) is 34.9 Å². The molecule has 0 bridgehead atoms. The number of benzene rings is 1. The van der Waals surface area contributed by atoms with Gasteiger partial charge in [-0.3, -0.25) is 4.79 Å². The summed E-state index contributed by atoms with van der Waals surface area (Å²) in [5, 5.41) is 3.83. The van der Waals surface area contributed by atoms with Crippen molar-refractivity contribution < 1.29 is 13.9 Å². The van der Waals surface area contributed by atoms with Gasteiger partial charge in [0.2, 0.25) is 0 Å². The van der Waals surface area contributed by atoms with Crippen LogP contribution in [0.3, 0.4) is 0 Å². The van der Waals surface area contributed by atoms with Crippen LogP contribution < -0.4 is 11.1 Å². The van der Waals surface area contributed by atoms with E-state index < -0.39 is 0 Å². The zero-order valence-corrected chi connectivity index (χ0v) is 19.1. The second kappa shape index (κ2) is 13.6. The van der Waals surface area contributed by atoms with Crippen LogP contribution in [0.4, 0.5) is 10.1 Å². The number of nitrogens with zero attached hydrogens (tertiary/aromatic N) is 1. The fourth-order valence-electron chi connectivity index (χ4n) is 3.16. The first-order chi connectivity index (χ1) is 16.0. The number of halogens is 1. The molecule has 0 fully saturated rings. The molecule has 1 amide bonds. The van der Waals surface area contributed by atoms with Gasteiger partial charge in [0.1, 0.15) is 11.5 Å². The Kier molecular flexibility index (Phi) is 10.5. The van der Waals surface area contributed by atoms with Gasteiger partial charge in [0.25, 0.3) is 5.91 Å². The fourth-order valence-corrected chi connectivity index (χ4v) is 3.16. The highest BCUT2D eigenvalue weighted by atomic mass is 19.1. The molecule has 3 N–H and O–H groups in total. The van der Waals surface area contributed by atoms with Crippen molar-refractivity contribution in [1.82, 2.24) is 9.88 Å². The lowest BCUT2D eigenvalue weighted by Crippen LogP contribution is -2.25. The monoisotopic (exact) mass is 447 g/mol. The molecule has 1 aliphatic rings. The van der Waals surface area contributed by atoms with Crippen LogP contribution in [-0.4, -0.2) is 24.2 Å². The molecule has 172 valence electrons. The highest BCUT2D eigenvalue weighted by Crippen LogP contribution is 2.23. The number of methoxy groups -OCH3 is 1. The summed E-state index contributed by atoms with van der Waals surface area (Å²) in [6, 6.07) is 7.51. The number of hydrogen-bond donors (Lipinski definition) is 2. The Morgan fingerprint density at radius 3 is 2.91 bits per heavy atom. The Labute approximate surface area is 194 Å². The van der Waals surface area contributed by atoms with Crippen LogP contribution in [0, 0.1) is 12.3 Å². The number of hydrogen-bond acceptors (Lipinski definition) is 3. The molecule has 5 nitrogen and oxygen atoms in total. The molecule has 6 heteroatoms. The first-order valence-corrected chi connectivity index (χ1v) is 10.7. The molecule has 33 heavy (non-hydrogen) atoms. The summed E-state index contributed by atoms with van der Waals surface area (Å²) in [7, 11) is 1.59. The lowest BCUT2D eigenvalue weighted by Gasteiger charge is -2.11. The normalized spacial score (nSPS) is 13.3. The summed E-state index contributed by atoms with van der Waals surface area (Å²) in [6.45, 7) is 3.19. The number of anilines is 1. The number of ether oxygens (including phenoxy) is 1. The molecule has 2 aromatic rings. The standard InChI is InChI=1S/C20H23N3O2.C7H7F/c1-4-6-7-17(10-12-25-3)22-20(24)19-14-15-13-16(21)8-9-18(15)23(19)11-5-2;8-7-5-3-1-2-4-6-7/h1,6-10,13-14H,5,11-12,21H2,2-3H3,(H,22,24);1,3-6H,2H2/b7-6-,17-10+;. The molecule has 0 saturated heterocycles. The van der Waals surface area contributed by atoms with Crippen LogP contribution in [0.2, 0.25) is 0 Å². The van der Waals surface area contributed by atoms with Crippen molar-refractivity contribution in [3.05, 3.63) is 90.1 Å². The summed E-state index contributed by atoms with van der Waals surface area (Å²) >= 11 is 0. The smallest absolute Gasteiger partial charge is 0.272 e. The summed E-state index contributed by atoms with van der Waals surface area (Å²) in [5.74, 6) is 2.04. The van der Waals surface area contributed by atoms with Crippen molar-refractivity contribution in [2.24, 2.45) is 0 Å². The van der Waals surface area contributed by atoms with Crippen LogP contribution in [0.1, 0.15) is 30.3 Å². The Morgan fingerprint density at radius 2 is 2.18 bits per heavy atom. The maximum absolute atomic E-state index is 12.8. The number of terminal acetylenes is 1. The average Bonchev–Trinajstić information content (AvgIpc) is 2.97. The summed E-state index contributed by atoms with van der Waals surface area (Å²) in [5.41, 5.74) is 8.70. The van der Waals surface area contributed by atoms with Crippen LogP contribution in [0.5, 0.6) is 0 Å². The SMILES string of the molecule is C#C/C=C\C(=C/COC)NC(=O)c1cc2cc(N)ccc2n1CCC.FC1=CC=CCC=C1. The third kappa shape index (κ3) is 7.99. The predicted octanol–water partition coefficient (Wildman–Crippen LogP) is 5.44. The molecule has 0 spiro atoms. The topological polar surface area (TPSA) is 69.3 Å². The van der Waals surface area contributed by atoms with Gasteiger partial charge in [-0.2, -0.15) is 0 Å². The molecule has 1 aromatic heterocycles. The third-order valence-electron chi connectivity index (χ3n) is 4.63. The molecule has 1 aromatic carbocycles. The molecule has 0 aliphatic heterocycles. The number of carbonyl (C=O) groups is 1. The minimum atomic E-state index is -0.202. The van der Waals surface area contributed by atoms with Gasteiger partial charge in [-0.05, 0) is 67.5 Å². The second-order valence-electron chi connectivity index (χ2n) is 7.19. The van der Waals surface area contributed by atoms with Gasteiger partial charge in [0.05, 0.1) is 6.61 Å². The van der Waals surface area contributed by atoms with Gasteiger partial charge < -0.3 is 20.4 Å². The highest BCUT2D eigenvalue weighted by molar-refractivity contribution is 6.00. The number of amides is 1. The summed E-state index contributed by atoms with van der Waals surface area (Å²) < 4.78 is 19.2. The number of nitrogens with one attached hydrogen (secondary N) is 1. The third-order valence-corrected chi connectivity index (χ3v) is 4.63. The Hall–Kier alpha value is -3.82. The fraction of sp³-hybridized carbons (Fsp3) is 0.222. The van der Waals surface area contributed by atoms with Crippen molar-refractivity contribution in [3.8, 4) is 12.3 Å². The van der Waals surface area contributed by atoms with Crippen LogP contribution >= 0.6 is 0 Å². The summed E-state index contributed by atoms with van der Waals surface area (Å²) in [6.07, 6.45) is 20.3. The van der Waals surface area contributed by atoms with Gasteiger partial charge in [0.15, 0.2) is 0 Å². The van der Waals surface area contributed by atoms with Crippen molar-refractivity contribution in [3.63, 3.8) is 0 Å². The molecular formula is C27H30FN3O2. The first-order valence-electron chi connectivity index (χ1n) is 10.7. The van der Waals surface area contributed by atoms with E-state index in [0.29, 0.717) is 23.7 Å². The molecular weight excluding hydrogens is 417 g/mol. The lowest BCUT2D eigenvalue weighted by atomic mass is 10.2. The van der Waals surface area contributed by atoms with Crippen LogP contribution in [-0.2, 0) is 11.3 Å². The molecule has 0 atom stereocenters. The minimum absolute atomic E-state index is 0.168. The van der Waals surface area contributed by atoms with Crippen LogP contribution in [0.15, 0.2) is 84.4 Å². The van der Waals surface area contributed by atoms with Crippen LogP contribution in [0.25, 0.3) is 10.9 Å². The molecule has 3 rings (SSSR count). The van der Waals surface area contributed by atoms with Gasteiger partial charge in [-0.25, -0.2) is 4.39 Å². The average molecular weight is 448 g/mol. The maximum atomic E-state index is 12.8. The van der Waals surface area contributed by atoms with E-state index in [9.17, 15) is 9.18 Å². The zero-order chi connectivity index (χ0) is 24.1. The molecule has 1 aliphatic carbocycles. The van der Waals surface area contributed by atoms with Gasteiger partial charge in [-0.15, -0.1) is 6.42 Å². The highest BCUT2D eigenvalue weighted by Gasteiger charge is 2.16. The van der Waals surface area contributed by atoms with E-state index in [-0.39, 0.29) is 11.7 Å². The van der Waals surface area contributed by atoms with E-state index in [4.69, 9.17) is 16.9 Å². The number of aryl methyl sites for hydroxylation is 1. The minimum Gasteiger partial charge on any atom is -0.399 e. The van der Waals surface area contributed by atoms with E-state index >= 15 is 0 Å². The van der Waals surface area contributed by atoms with Gasteiger partial charge in [-0.1, -0.05) is 31.1 Å². The molecule has 0 radical (unpaired) electrons. The number of carbonyl (C=O) groups excluding carboxylic acids is 1. The van der Waals surface area contributed by atoms with E-state index in [0.717, 1.165) is 30.3 Å². The van der Waals surface area contributed by atoms with Crippen molar-refractivity contribution in [1.29, 1.82) is 0 Å². The zero-order valence-electron chi connectivity index (χ0n) is 19.1. The Morgan fingerprint density at radius 1 is 1.36 bits per heavy atom. The number of rotatable bonds is 7. The largest absolute Gasteiger partial charge is 0.399 e. The Bertz CT molecular complexity index is 1140. The lowest BCUT2D eigenvalue weighted by molar-refractivity contribution is 0.0958. The predicted molar refractivity (Wildman–Crippen MR) is 134 cm³/mol. The first kappa shape index (κ1) is 25.4. The summed E-state index contributed by atoms with van der Waals surface area (Å²) in [4.78, 5) is 12.8. The number of nitrogens with two attached hydrogens (primary N) is 1. The molecule has 0 saturated carbocycles. The van der Waals surface area contributed by atoms with Crippen molar-refractivity contribution >= 4 is 22.5 Å². The number of fused-ring (bicyclic) bond motifs is 1. The maximum Gasteiger partial charge on any atom is 0.272 e. The van der Waals surface area contributed by atoms with Gasteiger partial charge >= 0.3 is 0 Å². The Balaban J connectivity index is 0.000000405. The molecule has 0 unspecified atom stereocenters. The van der Waals surface area contributed by atoms with Crippen molar-refractivity contribution in [2.75, 3.05) is 19.5 Å².